The van der Waals surface area contributed by atoms with Crippen LogP contribution in [0.3, 0.4) is 0 Å². The second-order valence-corrected chi connectivity index (χ2v) is 5.65. The third-order valence-corrected chi connectivity index (χ3v) is 4.16. The molecule has 5 heteroatoms. The molecule has 0 amide bonds. The number of rotatable bonds is 5. The quantitative estimate of drug-likeness (QED) is 0.781. The van der Waals surface area contributed by atoms with Crippen LogP contribution in [0.5, 0.6) is 0 Å². The summed E-state index contributed by atoms with van der Waals surface area (Å²) in [5, 5.41) is 0. The Bertz CT molecular complexity index is 478. The molecule has 0 bridgehead atoms. The van der Waals surface area contributed by atoms with Crippen molar-refractivity contribution in [1.29, 1.82) is 0 Å². The van der Waals surface area contributed by atoms with Crippen molar-refractivity contribution in [1.82, 2.24) is 9.97 Å². The molecular formula is C16H25N3O2. The van der Waals surface area contributed by atoms with E-state index in [1.54, 1.807) is 6.33 Å². The third kappa shape index (κ3) is 3.93. The number of esters is 1. The first-order valence-electron chi connectivity index (χ1n) is 7.89. The number of carbonyl (C=O) groups is 1. The SMILES string of the molecule is CCOC(=O)C1CCCN(c2cc(C(C)CC)ncn2)C1. The van der Waals surface area contributed by atoms with Gasteiger partial charge >= 0.3 is 5.97 Å². The van der Waals surface area contributed by atoms with E-state index in [0.29, 0.717) is 19.1 Å². The van der Waals surface area contributed by atoms with Gasteiger partial charge in [-0.1, -0.05) is 13.8 Å². The Morgan fingerprint density at radius 1 is 1.48 bits per heavy atom. The van der Waals surface area contributed by atoms with Crippen molar-refractivity contribution in [2.75, 3.05) is 24.6 Å². The second kappa shape index (κ2) is 7.38. The molecule has 0 aromatic carbocycles. The molecule has 0 aliphatic carbocycles. The minimum atomic E-state index is -0.0848. The molecule has 2 atom stereocenters. The molecule has 1 fully saturated rings. The van der Waals surface area contributed by atoms with Gasteiger partial charge in [0.25, 0.3) is 0 Å². The van der Waals surface area contributed by atoms with Crippen LogP contribution in [0.4, 0.5) is 5.82 Å². The predicted octanol–water partition coefficient (Wildman–Crippen LogP) is 2.77. The topological polar surface area (TPSA) is 55.3 Å². The van der Waals surface area contributed by atoms with Gasteiger partial charge in [0.1, 0.15) is 12.1 Å². The van der Waals surface area contributed by atoms with Crippen LogP contribution >= 0.6 is 0 Å². The lowest BCUT2D eigenvalue weighted by molar-refractivity contribution is -0.148. The Balaban J connectivity index is 2.09. The van der Waals surface area contributed by atoms with Crippen LogP contribution in [-0.4, -0.2) is 35.6 Å². The van der Waals surface area contributed by atoms with Crippen molar-refractivity contribution >= 4 is 11.8 Å². The molecule has 0 saturated carbocycles. The number of nitrogens with zero attached hydrogens (tertiary/aromatic N) is 3. The fourth-order valence-corrected chi connectivity index (χ4v) is 2.65. The van der Waals surface area contributed by atoms with Gasteiger partial charge in [-0.2, -0.15) is 0 Å². The van der Waals surface area contributed by atoms with E-state index in [4.69, 9.17) is 4.74 Å². The van der Waals surface area contributed by atoms with Gasteiger partial charge in [-0.05, 0) is 32.1 Å². The van der Waals surface area contributed by atoms with E-state index >= 15 is 0 Å². The zero-order chi connectivity index (χ0) is 15.2. The zero-order valence-corrected chi connectivity index (χ0v) is 13.2. The minimum Gasteiger partial charge on any atom is -0.466 e. The van der Waals surface area contributed by atoms with E-state index in [-0.39, 0.29) is 11.9 Å². The molecule has 0 N–H and O–H groups in total. The zero-order valence-electron chi connectivity index (χ0n) is 13.2. The first-order chi connectivity index (χ1) is 10.2. The summed E-state index contributed by atoms with van der Waals surface area (Å²) in [5.41, 5.74) is 1.07. The Hall–Kier alpha value is -1.65. The first kappa shape index (κ1) is 15.7. The van der Waals surface area contributed by atoms with Gasteiger partial charge in [-0.3, -0.25) is 4.79 Å². The number of hydrogen-bond acceptors (Lipinski definition) is 5. The van der Waals surface area contributed by atoms with E-state index in [2.05, 4.69) is 34.8 Å². The molecule has 5 nitrogen and oxygen atoms in total. The Morgan fingerprint density at radius 2 is 2.29 bits per heavy atom. The number of carbonyl (C=O) groups excluding carboxylic acids is 1. The molecule has 1 aromatic heterocycles. The van der Waals surface area contributed by atoms with Crippen molar-refractivity contribution in [3.05, 3.63) is 18.1 Å². The van der Waals surface area contributed by atoms with E-state index in [1.807, 2.05) is 6.92 Å². The summed E-state index contributed by atoms with van der Waals surface area (Å²) in [6.45, 7) is 8.25. The summed E-state index contributed by atoms with van der Waals surface area (Å²) >= 11 is 0. The highest BCUT2D eigenvalue weighted by molar-refractivity contribution is 5.73. The van der Waals surface area contributed by atoms with Gasteiger partial charge in [0.05, 0.1) is 12.5 Å². The van der Waals surface area contributed by atoms with E-state index < -0.39 is 0 Å². The fourth-order valence-electron chi connectivity index (χ4n) is 2.65. The van der Waals surface area contributed by atoms with Crippen LogP contribution in [0.25, 0.3) is 0 Å². The van der Waals surface area contributed by atoms with Crippen molar-refractivity contribution in [2.45, 2.75) is 46.0 Å². The number of ether oxygens (including phenoxy) is 1. The summed E-state index contributed by atoms with van der Waals surface area (Å²) < 4.78 is 5.15. The van der Waals surface area contributed by atoms with Gasteiger partial charge < -0.3 is 9.64 Å². The number of aromatic nitrogens is 2. The highest BCUT2D eigenvalue weighted by Gasteiger charge is 2.27. The molecule has 0 spiro atoms. The Morgan fingerprint density at radius 3 is 3.00 bits per heavy atom. The maximum Gasteiger partial charge on any atom is 0.310 e. The van der Waals surface area contributed by atoms with Gasteiger partial charge in [-0.25, -0.2) is 9.97 Å². The summed E-state index contributed by atoms with van der Waals surface area (Å²) in [5.74, 6) is 1.23. The molecule has 1 saturated heterocycles. The molecule has 2 heterocycles. The number of hydrogen-bond donors (Lipinski definition) is 0. The highest BCUT2D eigenvalue weighted by atomic mass is 16.5. The van der Waals surface area contributed by atoms with Crippen LogP contribution in [-0.2, 0) is 9.53 Å². The summed E-state index contributed by atoms with van der Waals surface area (Å²) in [4.78, 5) is 22.8. The lowest BCUT2D eigenvalue weighted by Crippen LogP contribution is -2.40. The molecule has 1 aliphatic heterocycles. The summed E-state index contributed by atoms with van der Waals surface area (Å²) in [7, 11) is 0. The van der Waals surface area contributed by atoms with Gasteiger partial charge in [0.15, 0.2) is 0 Å². The lowest BCUT2D eigenvalue weighted by atomic mass is 9.98. The van der Waals surface area contributed by atoms with Crippen LogP contribution in [0, 0.1) is 5.92 Å². The molecule has 21 heavy (non-hydrogen) atoms. The highest BCUT2D eigenvalue weighted by Crippen LogP contribution is 2.25. The molecule has 2 unspecified atom stereocenters. The van der Waals surface area contributed by atoms with Crippen LogP contribution in [0.1, 0.15) is 51.6 Å². The third-order valence-electron chi connectivity index (χ3n) is 4.16. The lowest BCUT2D eigenvalue weighted by Gasteiger charge is -2.32. The smallest absolute Gasteiger partial charge is 0.310 e. The minimum absolute atomic E-state index is 0.0410. The first-order valence-corrected chi connectivity index (χ1v) is 7.89. The average molecular weight is 291 g/mol. The monoisotopic (exact) mass is 291 g/mol. The van der Waals surface area contributed by atoms with E-state index in [1.165, 1.54) is 0 Å². The molecule has 2 rings (SSSR count). The molecule has 1 aromatic rings. The van der Waals surface area contributed by atoms with E-state index in [9.17, 15) is 4.79 Å². The Labute approximate surface area is 126 Å². The van der Waals surface area contributed by atoms with Gasteiger partial charge in [-0.15, -0.1) is 0 Å². The summed E-state index contributed by atoms with van der Waals surface area (Å²) in [6, 6.07) is 2.06. The fraction of sp³-hybridized carbons (Fsp3) is 0.688. The van der Waals surface area contributed by atoms with E-state index in [0.717, 1.165) is 37.3 Å². The molecule has 116 valence electrons. The molecule has 1 aliphatic rings. The van der Waals surface area contributed by atoms with Crippen molar-refractivity contribution < 1.29 is 9.53 Å². The second-order valence-electron chi connectivity index (χ2n) is 5.65. The average Bonchev–Trinajstić information content (AvgIpc) is 2.54. The van der Waals surface area contributed by atoms with Crippen molar-refractivity contribution in [3.63, 3.8) is 0 Å². The van der Waals surface area contributed by atoms with Gasteiger partial charge in [0.2, 0.25) is 0 Å². The predicted molar refractivity (Wildman–Crippen MR) is 82.3 cm³/mol. The largest absolute Gasteiger partial charge is 0.466 e. The number of anilines is 1. The maximum absolute atomic E-state index is 11.9. The van der Waals surface area contributed by atoms with Crippen LogP contribution < -0.4 is 4.90 Å². The van der Waals surface area contributed by atoms with Crippen molar-refractivity contribution in [2.24, 2.45) is 5.92 Å². The van der Waals surface area contributed by atoms with Gasteiger partial charge in [0, 0.05) is 24.8 Å². The Kier molecular flexibility index (Phi) is 5.53. The standard InChI is InChI=1S/C16H25N3O2/c1-4-12(3)14-9-15(18-11-17-14)19-8-6-7-13(10-19)16(20)21-5-2/h9,11-13H,4-8,10H2,1-3H3. The maximum atomic E-state index is 11.9. The molecular weight excluding hydrogens is 266 g/mol. The summed E-state index contributed by atoms with van der Waals surface area (Å²) in [6.07, 6.45) is 4.58. The normalized spacial score (nSPS) is 20.1. The van der Waals surface area contributed by atoms with Crippen molar-refractivity contribution in [3.8, 4) is 0 Å². The number of piperidine rings is 1. The van der Waals surface area contributed by atoms with Crippen LogP contribution in [0.2, 0.25) is 0 Å². The molecule has 0 radical (unpaired) electrons. The van der Waals surface area contributed by atoms with Crippen LogP contribution in [0.15, 0.2) is 12.4 Å².